The molecule has 120 valence electrons. The highest BCUT2D eigenvalue weighted by molar-refractivity contribution is 5.84. The van der Waals surface area contributed by atoms with Gasteiger partial charge in [-0.25, -0.2) is 19.3 Å². The molecule has 4 aromatic rings. The predicted molar refractivity (Wildman–Crippen MR) is 93.2 cm³/mol. The summed E-state index contributed by atoms with van der Waals surface area (Å²) in [5.41, 5.74) is 3.92. The summed E-state index contributed by atoms with van der Waals surface area (Å²) in [5.74, 6) is 0.515. The van der Waals surface area contributed by atoms with Crippen molar-refractivity contribution in [2.45, 2.75) is 26.3 Å². The highest BCUT2D eigenvalue weighted by Crippen LogP contribution is 2.29. The SMILES string of the molecule is CC[C@@H](C)n1c(-c2ccc(F)cc2)nc2nc3ccccc3nc21. The lowest BCUT2D eigenvalue weighted by atomic mass is 10.2. The number of rotatable bonds is 3. The molecule has 0 bridgehead atoms. The number of halogens is 1. The van der Waals surface area contributed by atoms with E-state index in [9.17, 15) is 4.39 Å². The third kappa shape index (κ3) is 2.33. The molecule has 2 heterocycles. The van der Waals surface area contributed by atoms with Gasteiger partial charge in [0.2, 0.25) is 0 Å². The lowest BCUT2D eigenvalue weighted by Gasteiger charge is -2.15. The lowest BCUT2D eigenvalue weighted by Crippen LogP contribution is -2.07. The highest BCUT2D eigenvalue weighted by Gasteiger charge is 2.19. The minimum atomic E-state index is -0.257. The van der Waals surface area contributed by atoms with E-state index in [4.69, 9.17) is 9.97 Å². The molecular formula is C19H17FN4. The molecule has 0 radical (unpaired) electrons. The van der Waals surface area contributed by atoms with E-state index in [-0.39, 0.29) is 11.9 Å². The lowest BCUT2D eigenvalue weighted by molar-refractivity contribution is 0.547. The molecule has 2 aromatic heterocycles. The molecule has 1 atom stereocenters. The summed E-state index contributed by atoms with van der Waals surface area (Å²) >= 11 is 0. The number of para-hydroxylation sites is 2. The van der Waals surface area contributed by atoms with Crippen molar-refractivity contribution in [3.63, 3.8) is 0 Å². The minimum Gasteiger partial charge on any atom is -0.304 e. The fourth-order valence-electron chi connectivity index (χ4n) is 2.88. The first-order chi connectivity index (χ1) is 11.7. The Morgan fingerprint density at radius 2 is 1.62 bits per heavy atom. The maximum Gasteiger partial charge on any atom is 0.198 e. The summed E-state index contributed by atoms with van der Waals surface area (Å²) in [7, 11) is 0. The van der Waals surface area contributed by atoms with Gasteiger partial charge in [0.25, 0.3) is 0 Å². The summed E-state index contributed by atoms with van der Waals surface area (Å²) in [6.07, 6.45) is 0.939. The van der Waals surface area contributed by atoms with Crippen LogP contribution in [-0.2, 0) is 0 Å². The van der Waals surface area contributed by atoms with E-state index in [2.05, 4.69) is 23.4 Å². The number of hydrogen-bond donors (Lipinski definition) is 0. The number of nitrogens with zero attached hydrogens (tertiary/aromatic N) is 4. The van der Waals surface area contributed by atoms with E-state index in [1.807, 2.05) is 24.3 Å². The van der Waals surface area contributed by atoms with E-state index in [0.717, 1.165) is 34.5 Å². The van der Waals surface area contributed by atoms with Gasteiger partial charge in [0, 0.05) is 11.6 Å². The fourth-order valence-corrected chi connectivity index (χ4v) is 2.88. The van der Waals surface area contributed by atoms with Crippen LogP contribution in [0.1, 0.15) is 26.3 Å². The van der Waals surface area contributed by atoms with Gasteiger partial charge >= 0.3 is 0 Å². The summed E-state index contributed by atoms with van der Waals surface area (Å²) in [6, 6.07) is 14.4. The average molecular weight is 320 g/mol. The molecule has 24 heavy (non-hydrogen) atoms. The molecule has 0 saturated heterocycles. The molecule has 0 fully saturated rings. The van der Waals surface area contributed by atoms with Crippen LogP contribution in [0.3, 0.4) is 0 Å². The molecule has 5 heteroatoms. The molecule has 4 rings (SSSR count). The molecule has 0 N–H and O–H groups in total. The molecule has 0 unspecified atom stereocenters. The maximum absolute atomic E-state index is 13.3. The minimum absolute atomic E-state index is 0.213. The monoisotopic (exact) mass is 320 g/mol. The Labute approximate surface area is 139 Å². The van der Waals surface area contributed by atoms with Crippen molar-refractivity contribution < 1.29 is 4.39 Å². The summed E-state index contributed by atoms with van der Waals surface area (Å²) in [5, 5.41) is 0. The number of aromatic nitrogens is 4. The van der Waals surface area contributed by atoms with E-state index in [1.54, 1.807) is 12.1 Å². The average Bonchev–Trinajstić information content (AvgIpc) is 2.98. The van der Waals surface area contributed by atoms with Crippen molar-refractivity contribution >= 4 is 22.3 Å². The van der Waals surface area contributed by atoms with Crippen LogP contribution in [0.25, 0.3) is 33.7 Å². The van der Waals surface area contributed by atoms with Crippen LogP contribution in [0.2, 0.25) is 0 Å². The Hall–Kier alpha value is -2.82. The van der Waals surface area contributed by atoms with Gasteiger partial charge in [0.05, 0.1) is 11.0 Å². The second kappa shape index (κ2) is 5.67. The van der Waals surface area contributed by atoms with Crippen LogP contribution >= 0.6 is 0 Å². The zero-order chi connectivity index (χ0) is 16.7. The van der Waals surface area contributed by atoms with Gasteiger partial charge in [-0.05, 0) is 49.7 Å². The third-order valence-electron chi connectivity index (χ3n) is 4.34. The van der Waals surface area contributed by atoms with Crippen molar-refractivity contribution in [2.24, 2.45) is 0 Å². The number of hydrogen-bond acceptors (Lipinski definition) is 3. The fraction of sp³-hybridized carbons (Fsp3) is 0.211. The summed E-state index contributed by atoms with van der Waals surface area (Å²) < 4.78 is 15.4. The standard InChI is InChI=1S/C19H17FN4/c1-3-12(2)24-18(13-8-10-14(20)11-9-13)23-17-19(24)22-16-7-5-4-6-15(16)21-17/h4-12H,3H2,1-2H3/t12-/m1/s1. The van der Waals surface area contributed by atoms with Crippen molar-refractivity contribution in [2.75, 3.05) is 0 Å². The molecule has 2 aromatic carbocycles. The quantitative estimate of drug-likeness (QED) is 0.547. The van der Waals surface area contributed by atoms with E-state index in [1.165, 1.54) is 12.1 Å². The van der Waals surface area contributed by atoms with Gasteiger partial charge in [-0.1, -0.05) is 19.1 Å². The predicted octanol–water partition coefficient (Wildman–Crippen LogP) is 4.76. The van der Waals surface area contributed by atoms with Crippen molar-refractivity contribution in [1.29, 1.82) is 0 Å². The van der Waals surface area contributed by atoms with E-state index >= 15 is 0 Å². The second-order valence-corrected chi connectivity index (χ2v) is 5.93. The number of fused-ring (bicyclic) bond motifs is 2. The molecule has 4 nitrogen and oxygen atoms in total. The molecular weight excluding hydrogens is 303 g/mol. The first-order valence-corrected chi connectivity index (χ1v) is 8.08. The summed E-state index contributed by atoms with van der Waals surface area (Å²) in [4.78, 5) is 14.1. The van der Waals surface area contributed by atoms with Gasteiger partial charge in [0.1, 0.15) is 11.6 Å². The Morgan fingerprint density at radius 3 is 2.29 bits per heavy atom. The van der Waals surface area contributed by atoms with E-state index in [0.29, 0.717) is 5.65 Å². The van der Waals surface area contributed by atoms with Crippen molar-refractivity contribution in [3.8, 4) is 11.4 Å². The molecule has 0 amide bonds. The first kappa shape index (κ1) is 14.8. The van der Waals surface area contributed by atoms with Crippen molar-refractivity contribution in [1.82, 2.24) is 19.5 Å². The Bertz CT molecular complexity index is 1020. The smallest absolute Gasteiger partial charge is 0.198 e. The number of imidazole rings is 1. The van der Waals surface area contributed by atoms with Crippen LogP contribution in [0.15, 0.2) is 48.5 Å². The molecule has 0 aliphatic rings. The normalized spacial score (nSPS) is 12.8. The molecule has 0 aliphatic heterocycles. The maximum atomic E-state index is 13.3. The van der Waals surface area contributed by atoms with Gasteiger partial charge in [-0.15, -0.1) is 0 Å². The third-order valence-corrected chi connectivity index (χ3v) is 4.34. The van der Waals surface area contributed by atoms with Crippen LogP contribution in [0.5, 0.6) is 0 Å². The van der Waals surface area contributed by atoms with Gasteiger partial charge in [0.15, 0.2) is 11.3 Å². The van der Waals surface area contributed by atoms with Crippen LogP contribution < -0.4 is 0 Å². The Balaban J connectivity index is 2.04. The van der Waals surface area contributed by atoms with Crippen molar-refractivity contribution in [3.05, 3.63) is 54.3 Å². The van der Waals surface area contributed by atoms with Gasteiger partial charge in [-0.2, -0.15) is 0 Å². The molecule has 0 aliphatic carbocycles. The zero-order valence-electron chi connectivity index (χ0n) is 13.6. The molecule has 0 saturated carbocycles. The number of benzene rings is 2. The molecule has 0 spiro atoms. The van der Waals surface area contributed by atoms with E-state index < -0.39 is 0 Å². The highest BCUT2D eigenvalue weighted by atomic mass is 19.1. The van der Waals surface area contributed by atoms with Crippen LogP contribution in [-0.4, -0.2) is 19.5 Å². The zero-order valence-corrected chi connectivity index (χ0v) is 13.6. The Morgan fingerprint density at radius 1 is 0.958 bits per heavy atom. The topological polar surface area (TPSA) is 43.6 Å². The van der Waals surface area contributed by atoms with Crippen LogP contribution in [0, 0.1) is 5.82 Å². The second-order valence-electron chi connectivity index (χ2n) is 5.93. The Kier molecular flexibility index (Phi) is 3.49. The van der Waals surface area contributed by atoms with Crippen LogP contribution in [0.4, 0.5) is 4.39 Å². The summed E-state index contributed by atoms with van der Waals surface area (Å²) in [6.45, 7) is 4.25. The van der Waals surface area contributed by atoms with Gasteiger partial charge < -0.3 is 4.57 Å². The first-order valence-electron chi connectivity index (χ1n) is 8.08. The van der Waals surface area contributed by atoms with Gasteiger partial charge in [-0.3, -0.25) is 0 Å². The largest absolute Gasteiger partial charge is 0.304 e.